The molecule has 0 radical (unpaired) electrons. The number of pyridine rings is 1. The summed E-state index contributed by atoms with van der Waals surface area (Å²) < 4.78 is 16.4. The number of furan rings is 1. The van der Waals surface area contributed by atoms with E-state index in [1.165, 1.54) is 18.1 Å². The maximum atomic E-state index is 14.1. The van der Waals surface area contributed by atoms with Crippen molar-refractivity contribution in [1.82, 2.24) is 20.1 Å². The van der Waals surface area contributed by atoms with E-state index in [9.17, 15) is 24.3 Å². The summed E-state index contributed by atoms with van der Waals surface area (Å²) in [7, 11) is 2.51. The molecule has 0 spiro atoms. The van der Waals surface area contributed by atoms with Crippen molar-refractivity contribution in [2.24, 2.45) is 5.41 Å². The van der Waals surface area contributed by atoms with Crippen LogP contribution < -0.4 is 10.1 Å². The monoisotopic (exact) mass is 534 g/mol. The molecule has 13 heteroatoms. The molecule has 4 heterocycles. The average molecular weight is 534 g/mol. The lowest BCUT2D eigenvalue weighted by atomic mass is 9.92. The van der Waals surface area contributed by atoms with Gasteiger partial charge in [-0.15, -0.1) is 0 Å². The van der Waals surface area contributed by atoms with E-state index in [4.69, 9.17) is 13.9 Å². The van der Waals surface area contributed by atoms with Gasteiger partial charge in [0.15, 0.2) is 11.1 Å². The van der Waals surface area contributed by atoms with Crippen molar-refractivity contribution in [2.45, 2.75) is 38.7 Å². The third-order valence-electron chi connectivity index (χ3n) is 6.74. The van der Waals surface area contributed by atoms with Crippen LogP contribution in [0.3, 0.4) is 0 Å². The summed E-state index contributed by atoms with van der Waals surface area (Å²) in [6.45, 7) is 4.50. The number of methoxy groups -OCH3 is 1. The predicted molar refractivity (Wildman–Crippen MR) is 138 cm³/mol. The number of hydrogen-bond donors (Lipinski definition) is 2. The van der Waals surface area contributed by atoms with Gasteiger partial charge in [-0.05, 0) is 50.6 Å². The first-order valence-corrected chi connectivity index (χ1v) is 12.2. The Kier molecular flexibility index (Phi) is 5.94. The molecule has 4 amide bonds. The van der Waals surface area contributed by atoms with E-state index in [0.717, 1.165) is 7.85 Å². The molecule has 39 heavy (non-hydrogen) atoms. The van der Waals surface area contributed by atoms with Crippen molar-refractivity contribution in [3.05, 3.63) is 59.5 Å². The summed E-state index contributed by atoms with van der Waals surface area (Å²) in [6.07, 6.45) is 1.54. The molecule has 0 aliphatic carbocycles. The van der Waals surface area contributed by atoms with Gasteiger partial charge in [0.05, 0.1) is 19.1 Å². The molecule has 1 saturated heterocycles. The highest BCUT2D eigenvalue weighted by Gasteiger charge is 2.61. The lowest BCUT2D eigenvalue weighted by Gasteiger charge is -2.34. The maximum Gasteiger partial charge on any atom is 0.329 e. The van der Waals surface area contributed by atoms with Crippen LogP contribution in [-0.2, 0) is 26.4 Å². The Labute approximate surface area is 224 Å². The molecular formula is C26H27BN4O8. The summed E-state index contributed by atoms with van der Waals surface area (Å²) >= 11 is 0. The van der Waals surface area contributed by atoms with Gasteiger partial charge in [0.25, 0.3) is 17.6 Å². The van der Waals surface area contributed by atoms with Gasteiger partial charge < -0.3 is 29.2 Å². The van der Waals surface area contributed by atoms with E-state index in [0.29, 0.717) is 32.9 Å². The number of rotatable bonds is 6. The number of amides is 4. The number of imide groups is 1. The van der Waals surface area contributed by atoms with Gasteiger partial charge in [-0.3, -0.25) is 19.4 Å². The number of nitrogens with one attached hydrogen (secondary N) is 1. The van der Waals surface area contributed by atoms with Gasteiger partial charge in [0.2, 0.25) is 7.85 Å². The molecule has 1 unspecified atom stereocenters. The zero-order valence-corrected chi connectivity index (χ0v) is 22.1. The number of ether oxygens (including phenoxy) is 2. The molecule has 3 aromatic rings. The number of hydrogen-bond acceptors (Lipinski definition) is 9. The summed E-state index contributed by atoms with van der Waals surface area (Å²) in [6, 6.07) is 8.82. The number of urea groups is 1. The van der Waals surface area contributed by atoms with Crippen molar-refractivity contribution >= 4 is 42.8 Å². The fraction of sp³-hybridized carbons (Fsp3) is 0.346. The minimum absolute atomic E-state index is 0.00339. The zero-order valence-electron chi connectivity index (χ0n) is 22.1. The third-order valence-corrected chi connectivity index (χ3v) is 6.74. The number of nitrogens with zero attached hydrogens (tertiary/aromatic N) is 3. The van der Waals surface area contributed by atoms with Gasteiger partial charge >= 0.3 is 12.0 Å². The average Bonchev–Trinajstić information content (AvgIpc) is 3.51. The minimum Gasteiger partial charge on any atom is -0.497 e. The number of benzene rings is 1. The summed E-state index contributed by atoms with van der Waals surface area (Å²) in [5.74, 6) is -4.34. The van der Waals surface area contributed by atoms with Gasteiger partial charge in [0, 0.05) is 24.4 Å². The number of aliphatic hydroxyl groups is 1. The molecule has 2 aliphatic rings. The Bertz CT molecular complexity index is 1490. The molecule has 2 aliphatic heterocycles. The first kappa shape index (κ1) is 26.2. The molecule has 5 rings (SSSR count). The van der Waals surface area contributed by atoms with Gasteiger partial charge in [-0.1, -0.05) is 6.07 Å². The molecule has 202 valence electrons. The van der Waals surface area contributed by atoms with E-state index >= 15 is 0 Å². The molecule has 12 nitrogen and oxygen atoms in total. The van der Waals surface area contributed by atoms with E-state index in [-0.39, 0.29) is 24.8 Å². The van der Waals surface area contributed by atoms with E-state index in [1.807, 2.05) is 0 Å². The fourth-order valence-corrected chi connectivity index (χ4v) is 4.64. The minimum atomic E-state index is -2.64. The standard InChI is InChI=1S/C26H27BN4O8/c1-24(2,3)22(34)39-26(27,36)31-21(33)25(29-23(31)35,19-11-17-18(38-19)6-5-9-28-17)13-30-12-14-7-8-15(37-4)10-16(14)20(30)32/h5-11,36H,12-13,27H2,1-4H3,(H,29,35)/t25-,26?/m0/s1. The van der Waals surface area contributed by atoms with Crippen LogP contribution in [0, 0.1) is 5.41 Å². The smallest absolute Gasteiger partial charge is 0.329 e. The molecule has 0 saturated carbocycles. The van der Waals surface area contributed by atoms with E-state index in [1.54, 1.807) is 57.3 Å². The second-order valence-electron chi connectivity index (χ2n) is 10.7. The number of aromatic nitrogens is 1. The molecule has 1 fully saturated rings. The van der Waals surface area contributed by atoms with Crippen LogP contribution in [-0.4, -0.2) is 71.0 Å². The number of carbonyl (C=O) groups is 4. The topological polar surface area (TPSA) is 152 Å². The Morgan fingerprint density at radius 3 is 2.64 bits per heavy atom. The maximum absolute atomic E-state index is 14.1. The van der Waals surface area contributed by atoms with Crippen LogP contribution in [0.5, 0.6) is 5.75 Å². The van der Waals surface area contributed by atoms with Crippen molar-refractivity contribution in [1.29, 1.82) is 0 Å². The van der Waals surface area contributed by atoms with Crippen LogP contribution in [0.1, 0.15) is 42.5 Å². The highest BCUT2D eigenvalue weighted by atomic mass is 16.7. The summed E-state index contributed by atoms with van der Waals surface area (Å²) in [5, 5.41) is 13.7. The van der Waals surface area contributed by atoms with Crippen LogP contribution in [0.2, 0.25) is 0 Å². The van der Waals surface area contributed by atoms with Crippen molar-refractivity contribution in [3.8, 4) is 5.75 Å². The SMILES string of the molecule is BC(O)(OC(=O)C(C)(C)C)N1C(=O)N[C@@](CN2Cc3ccc(OC)cc3C2=O)(c2cc3ncccc3o2)C1=O. The molecule has 2 aromatic heterocycles. The highest BCUT2D eigenvalue weighted by molar-refractivity contribution is 6.20. The zero-order chi connectivity index (χ0) is 28.3. The van der Waals surface area contributed by atoms with E-state index < -0.39 is 34.7 Å². The van der Waals surface area contributed by atoms with Crippen LogP contribution >= 0.6 is 0 Å². The lowest BCUT2D eigenvalue weighted by molar-refractivity contribution is -0.221. The molecule has 2 atom stereocenters. The Morgan fingerprint density at radius 1 is 1.23 bits per heavy atom. The highest BCUT2D eigenvalue weighted by Crippen LogP contribution is 2.38. The first-order valence-electron chi connectivity index (χ1n) is 12.2. The van der Waals surface area contributed by atoms with Crippen LogP contribution in [0.25, 0.3) is 11.1 Å². The van der Waals surface area contributed by atoms with Crippen molar-refractivity contribution in [3.63, 3.8) is 0 Å². The first-order chi connectivity index (χ1) is 18.3. The van der Waals surface area contributed by atoms with Gasteiger partial charge in [-0.25, -0.2) is 9.69 Å². The quantitative estimate of drug-likeness (QED) is 0.205. The van der Waals surface area contributed by atoms with E-state index in [2.05, 4.69) is 10.3 Å². The van der Waals surface area contributed by atoms with Crippen molar-refractivity contribution in [2.75, 3.05) is 13.7 Å². The number of fused-ring (bicyclic) bond motifs is 2. The Hall–Kier alpha value is -4.39. The van der Waals surface area contributed by atoms with Crippen molar-refractivity contribution < 1.29 is 38.2 Å². The number of esters is 1. The summed E-state index contributed by atoms with van der Waals surface area (Å²) in [5.41, 5.74) is -1.12. The van der Waals surface area contributed by atoms with Crippen LogP contribution in [0.4, 0.5) is 4.79 Å². The van der Waals surface area contributed by atoms with Gasteiger partial charge in [-0.2, -0.15) is 0 Å². The summed E-state index contributed by atoms with van der Waals surface area (Å²) in [4.78, 5) is 59.4. The second-order valence-corrected chi connectivity index (χ2v) is 10.7. The molecular weight excluding hydrogens is 507 g/mol. The second kappa shape index (κ2) is 8.84. The largest absolute Gasteiger partial charge is 0.497 e. The van der Waals surface area contributed by atoms with Crippen LogP contribution in [0.15, 0.2) is 47.0 Å². The fourth-order valence-electron chi connectivity index (χ4n) is 4.64. The molecule has 0 bridgehead atoms. The lowest BCUT2D eigenvalue weighted by Crippen LogP contribution is -2.58. The predicted octanol–water partition coefficient (Wildman–Crippen LogP) is 1.07. The third kappa shape index (κ3) is 4.28. The Morgan fingerprint density at radius 2 is 1.97 bits per heavy atom. The molecule has 2 N–H and O–H groups in total. The normalized spacial score (nSPS) is 20.7. The van der Waals surface area contributed by atoms with Gasteiger partial charge in [0.1, 0.15) is 17.0 Å². The number of carbonyl (C=O) groups excluding carboxylic acids is 4. The Balaban J connectivity index is 1.56. The molecule has 1 aromatic carbocycles.